The van der Waals surface area contributed by atoms with E-state index in [9.17, 15) is 0 Å². The van der Waals surface area contributed by atoms with Crippen LogP contribution in [0.25, 0.3) is 0 Å². The fraction of sp³-hybridized carbons (Fsp3) is 0.571. The highest BCUT2D eigenvalue weighted by atomic mass is 16.5. The largest absolute Gasteiger partial charge is 0.495 e. The summed E-state index contributed by atoms with van der Waals surface area (Å²) in [6.45, 7) is 2.10. The molecule has 0 saturated carbocycles. The second-order valence-electron chi connectivity index (χ2n) is 5.10. The molecule has 1 aromatic rings. The molecule has 1 unspecified atom stereocenters. The average Bonchev–Trinajstić information content (AvgIpc) is 2.39. The van der Waals surface area contributed by atoms with Crippen molar-refractivity contribution < 1.29 is 4.74 Å². The third kappa shape index (κ3) is 2.53. The third-order valence-corrected chi connectivity index (χ3v) is 3.73. The van der Waals surface area contributed by atoms with Crippen molar-refractivity contribution in [1.29, 1.82) is 0 Å². The molecule has 0 aromatic heterocycles. The molecule has 1 aromatic carbocycles. The zero-order valence-electron chi connectivity index (χ0n) is 11.5. The number of rotatable bonds is 3. The SMILES string of the molecule is COc1cccc(N2CCCC(N(C)C)C2)c1N. The zero-order valence-corrected chi connectivity index (χ0v) is 11.5. The Labute approximate surface area is 109 Å². The molecule has 0 bridgehead atoms. The smallest absolute Gasteiger partial charge is 0.143 e. The summed E-state index contributed by atoms with van der Waals surface area (Å²) in [5.41, 5.74) is 8.01. The molecule has 2 N–H and O–H groups in total. The lowest BCUT2D eigenvalue weighted by Gasteiger charge is -2.38. The van der Waals surface area contributed by atoms with E-state index in [1.54, 1.807) is 7.11 Å². The molecular weight excluding hydrogens is 226 g/mol. The molecule has 1 fully saturated rings. The van der Waals surface area contributed by atoms with Gasteiger partial charge >= 0.3 is 0 Å². The number of nitrogen functional groups attached to an aromatic ring is 1. The van der Waals surface area contributed by atoms with Gasteiger partial charge in [-0.2, -0.15) is 0 Å². The van der Waals surface area contributed by atoms with Crippen LogP contribution in [0.3, 0.4) is 0 Å². The number of nitrogens with two attached hydrogens (primary N) is 1. The van der Waals surface area contributed by atoms with Crippen LogP contribution in [0, 0.1) is 0 Å². The highest BCUT2D eigenvalue weighted by Crippen LogP contribution is 2.33. The first-order valence-corrected chi connectivity index (χ1v) is 6.47. The predicted octanol–water partition coefficient (Wildman–Crippen LogP) is 1.81. The summed E-state index contributed by atoms with van der Waals surface area (Å²) in [7, 11) is 5.94. The lowest BCUT2D eigenvalue weighted by atomic mass is 10.0. The van der Waals surface area contributed by atoms with Gasteiger partial charge in [-0.1, -0.05) is 6.07 Å². The summed E-state index contributed by atoms with van der Waals surface area (Å²) in [6.07, 6.45) is 2.47. The number of hydrogen-bond acceptors (Lipinski definition) is 4. The van der Waals surface area contributed by atoms with Gasteiger partial charge in [-0.05, 0) is 39.1 Å². The molecule has 1 heterocycles. The molecule has 100 valence electrons. The van der Waals surface area contributed by atoms with Gasteiger partial charge in [0.05, 0.1) is 18.5 Å². The number of anilines is 2. The summed E-state index contributed by atoms with van der Waals surface area (Å²) < 4.78 is 5.29. The van der Waals surface area contributed by atoms with Crippen molar-refractivity contribution in [3.8, 4) is 5.75 Å². The van der Waals surface area contributed by atoms with Crippen LogP contribution >= 0.6 is 0 Å². The van der Waals surface area contributed by atoms with Crippen molar-refractivity contribution in [2.45, 2.75) is 18.9 Å². The zero-order chi connectivity index (χ0) is 13.1. The van der Waals surface area contributed by atoms with Crippen molar-refractivity contribution in [1.82, 2.24) is 4.90 Å². The predicted molar refractivity (Wildman–Crippen MR) is 76.3 cm³/mol. The molecule has 1 aliphatic heterocycles. The minimum atomic E-state index is 0.601. The summed E-state index contributed by atoms with van der Waals surface area (Å²) in [4.78, 5) is 4.66. The van der Waals surface area contributed by atoms with E-state index >= 15 is 0 Å². The Bertz CT molecular complexity index is 406. The van der Waals surface area contributed by atoms with Crippen LogP contribution in [0.5, 0.6) is 5.75 Å². The molecule has 18 heavy (non-hydrogen) atoms. The number of methoxy groups -OCH3 is 1. The molecular formula is C14H23N3O. The standard InChI is InChI=1S/C14H23N3O/c1-16(2)11-6-5-9-17(10-11)12-7-4-8-13(18-3)14(12)15/h4,7-8,11H,5-6,9-10,15H2,1-3H3. The van der Waals surface area contributed by atoms with E-state index in [0.717, 1.165) is 30.2 Å². The van der Waals surface area contributed by atoms with Crippen LogP contribution in [0.2, 0.25) is 0 Å². The van der Waals surface area contributed by atoms with E-state index in [1.807, 2.05) is 12.1 Å². The average molecular weight is 249 g/mol. The van der Waals surface area contributed by atoms with Crippen LogP contribution in [-0.2, 0) is 0 Å². The molecule has 1 aliphatic rings. The van der Waals surface area contributed by atoms with Gasteiger partial charge in [-0.15, -0.1) is 0 Å². The first-order chi connectivity index (χ1) is 8.63. The third-order valence-electron chi connectivity index (χ3n) is 3.73. The first kappa shape index (κ1) is 13.0. The number of likely N-dealkylation sites (N-methyl/N-ethyl adjacent to an activating group) is 1. The first-order valence-electron chi connectivity index (χ1n) is 6.47. The molecule has 0 aliphatic carbocycles. The van der Waals surface area contributed by atoms with E-state index in [0.29, 0.717) is 6.04 Å². The maximum absolute atomic E-state index is 6.17. The molecule has 1 saturated heterocycles. The number of benzene rings is 1. The van der Waals surface area contributed by atoms with E-state index in [1.165, 1.54) is 12.8 Å². The number of para-hydroxylation sites is 1. The van der Waals surface area contributed by atoms with E-state index in [4.69, 9.17) is 10.5 Å². The number of piperidine rings is 1. The van der Waals surface area contributed by atoms with Crippen LogP contribution in [0.1, 0.15) is 12.8 Å². The summed E-state index contributed by atoms with van der Waals surface area (Å²) in [5.74, 6) is 0.763. The second-order valence-corrected chi connectivity index (χ2v) is 5.10. The molecule has 4 nitrogen and oxygen atoms in total. The Balaban J connectivity index is 2.20. The molecule has 2 rings (SSSR count). The molecule has 0 spiro atoms. The summed E-state index contributed by atoms with van der Waals surface area (Å²) in [6, 6.07) is 6.59. The fourth-order valence-electron chi connectivity index (χ4n) is 2.58. The Morgan fingerprint density at radius 2 is 2.17 bits per heavy atom. The van der Waals surface area contributed by atoms with Gasteiger partial charge in [0.15, 0.2) is 0 Å². The van der Waals surface area contributed by atoms with Gasteiger partial charge in [0.25, 0.3) is 0 Å². The maximum Gasteiger partial charge on any atom is 0.143 e. The Morgan fingerprint density at radius 1 is 1.39 bits per heavy atom. The van der Waals surface area contributed by atoms with Crippen LogP contribution in [-0.4, -0.2) is 45.2 Å². The van der Waals surface area contributed by atoms with Gasteiger partial charge < -0.3 is 20.3 Å². The van der Waals surface area contributed by atoms with Crippen molar-refractivity contribution in [2.75, 3.05) is 44.9 Å². The molecule has 0 amide bonds. The number of nitrogens with zero attached hydrogens (tertiary/aromatic N) is 2. The minimum absolute atomic E-state index is 0.601. The quantitative estimate of drug-likeness (QED) is 0.830. The van der Waals surface area contributed by atoms with Gasteiger partial charge in [0.1, 0.15) is 5.75 Å². The lowest BCUT2D eigenvalue weighted by Crippen LogP contribution is -2.45. The highest BCUT2D eigenvalue weighted by molar-refractivity contribution is 5.74. The second kappa shape index (κ2) is 5.48. The van der Waals surface area contributed by atoms with Gasteiger partial charge in [-0.3, -0.25) is 0 Å². The monoisotopic (exact) mass is 249 g/mol. The van der Waals surface area contributed by atoms with Gasteiger partial charge in [0.2, 0.25) is 0 Å². The highest BCUT2D eigenvalue weighted by Gasteiger charge is 2.23. The molecule has 1 atom stereocenters. The Morgan fingerprint density at radius 3 is 2.83 bits per heavy atom. The Hall–Kier alpha value is -1.42. The minimum Gasteiger partial charge on any atom is -0.495 e. The van der Waals surface area contributed by atoms with Crippen LogP contribution < -0.4 is 15.4 Å². The molecule has 0 radical (unpaired) electrons. The van der Waals surface area contributed by atoms with Gasteiger partial charge in [0, 0.05) is 19.1 Å². The Kier molecular flexibility index (Phi) is 3.97. The van der Waals surface area contributed by atoms with Gasteiger partial charge in [-0.25, -0.2) is 0 Å². The topological polar surface area (TPSA) is 41.7 Å². The van der Waals surface area contributed by atoms with Crippen molar-refractivity contribution >= 4 is 11.4 Å². The normalized spacial score (nSPS) is 20.2. The lowest BCUT2D eigenvalue weighted by molar-refractivity contribution is 0.258. The summed E-state index contributed by atoms with van der Waals surface area (Å²) in [5, 5.41) is 0. The molecule has 4 heteroatoms. The van der Waals surface area contributed by atoms with Crippen molar-refractivity contribution in [2.24, 2.45) is 0 Å². The summed E-state index contributed by atoms with van der Waals surface area (Å²) >= 11 is 0. The maximum atomic E-state index is 6.17. The van der Waals surface area contributed by atoms with Crippen molar-refractivity contribution in [3.63, 3.8) is 0 Å². The fourth-order valence-corrected chi connectivity index (χ4v) is 2.58. The van der Waals surface area contributed by atoms with Crippen LogP contribution in [0.4, 0.5) is 11.4 Å². The number of hydrogen-bond donors (Lipinski definition) is 1. The van der Waals surface area contributed by atoms with Crippen molar-refractivity contribution in [3.05, 3.63) is 18.2 Å². The number of ether oxygens (including phenoxy) is 1. The van der Waals surface area contributed by atoms with Crippen LogP contribution in [0.15, 0.2) is 18.2 Å². The van der Waals surface area contributed by atoms with E-state index < -0.39 is 0 Å². The van der Waals surface area contributed by atoms with E-state index in [2.05, 4.69) is 30.0 Å². The van der Waals surface area contributed by atoms with E-state index in [-0.39, 0.29) is 0 Å².